The maximum Gasteiger partial charge on any atom is 0.191 e. The molecule has 0 amide bonds. The van der Waals surface area contributed by atoms with E-state index < -0.39 is 0 Å². The van der Waals surface area contributed by atoms with Crippen LogP contribution in [-0.4, -0.2) is 43.7 Å². The molecule has 1 unspecified atom stereocenters. The van der Waals surface area contributed by atoms with E-state index in [1.165, 1.54) is 12.1 Å². The van der Waals surface area contributed by atoms with E-state index in [2.05, 4.69) is 25.5 Å². The zero-order valence-electron chi connectivity index (χ0n) is 14.8. The molecule has 5 nitrogen and oxygen atoms in total. The first kappa shape index (κ1) is 18.5. The maximum atomic E-state index is 12.9. The lowest BCUT2D eigenvalue weighted by molar-refractivity contribution is 0.626. The van der Waals surface area contributed by atoms with Crippen LogP contribution in [0.2, 0.25) is 5.02 Å². The summed E-state index contributed by atoms with van der Waals surface area (Å²) in [5.41, 5.74) is 1.09. The molecular formula is C19H23ClFN5. The Morgan fingerprint density at radius 2 is 2.15 bits per heavy atom. The minimum atomic E-state index is -0.210. The molecule has 1 atom stereocenters. The van der Waals surface area contributed by atoms with Crippen molar-refractivity contribution >= 4 is 23.4 Å². The van der Waals surface area contributed by atoms with Crippen molar-refractivity contribution in [3.63, 3.8) is 0 Å². The molecule has 2 N–H and O–H groups in total. The third-order valence-electron chi connectivity index (χ3n) is 4.41. The van der Waals surface area contributed by atoms with Gasteiger partial charge in [0.1, 0.15) is 11.6 Å². The number of hydrogen-bond acceptors (Lipinski definition) is 3. The fourth-order valence-corrected chi connectivity index (χ4v) is 3.29. The number of pyridine rings is 1. The van der Waals surface area contributed by atoms with E-state index in [9.17, 15) is 4.39 Å². The molecule has 1 aliphatic heterocycles. The molecule has 1 aromatic heterocycles. The second-order valence-electron chi connectivity index (χ2n) is 6.26. The van der Waals surface area contributed by atoms with Crippen LogP contribution >= 0.6 is 11.6 Å². The number of guanidine groups is 1. The molecule has 0 aliphatic carbocycles. The molecule has 1 saturated heterocycles. The van der Waals surface area contributed by atoms with Gasteiger partial charge in [-0.05, 0) is 42.7 Å². The molecule has 1 aliphatic rings. The highest BCUT2D eigenvalue weighted by atomic mass is 35.5. The van der Waals surface area contributed by atoms with Crippen LogP contribution in [-0.2, 0) is 6.42 Å². The number of hydrogen-bond donors (Lipinski definition) is 2. The van der Waals surface area contributed by atoms with Crippen molar-refractivity contribution in [1.82, 2.24) is 15.6 Å². The van der Waals surface area contributed by atoms with Crippen molar-refractivity contribution in [1.29, 1.82) is 0 Å². The Balaban J connectivity index is 1.47. The molecule has 2 aromatic rings. The van der Waals surface area contributed by atoms with Gasteiger partial charge in [0.05, 0.1) is 5.02 Å². The zero-order chi connectivity index (χ0) is 18.4. The first-order chi connectivity index (χ1) is 12.7. The van der Waals surface area contributed by atoms with Crippen LogP contribution in [0.3, 0.4) is 0 Å². The quantitative estimate of drug-likeness (QED) is 0.623. The predicted octanol–water partition coefficient (Wildman–Crippen LogP) is 2.86. The first-order valence-corrected chi connectivity index (χ1v) is 9.10. The molecule has 0 radical (unpaired) electrons. The largest absolute Gasteiger partial charge is 0.356 e. The Hall–Kier alpha value is -2.34. The van der Waals surface area contributed by atoms with Crippen molar-refractivity contribution < 1.29 is 4.39 Å². The third-order valence-corrected chi connectivity index (χ3v) is 4.71. The Morgan fingerprint density at radius 3 is 2.88 bits per heavy atom. The Labute approximate surface area is 158 Å². The maximum absolute atomic E-state index is 12.9. The van der Waals surface area contributed by atoms with E-state index in [4.69, 9.17) is 11.6 Å². The second-order valence-corrected chi connectivity index (χ2v) is 6.67. The molecule has 1 aromatic carbocycles. The van der Waals surface area contributed by atoms with Gasteiger partial charge in [0, 0.05) is 38.9 Å². The lowest BCUT2D eigenvalue weighted by Gasteiger charge is -2.20. The van der Waals surface area contributed by atoms with Crippen LogP contribution in [0.25, 0.3) is 0 Å². The van der Waals surface area contributed by atoms with E-state index in [1.54, 1.807) is 25.4 Å². The van der Waals surface area contributed by atoms with Gasteiger partial charge in [-0.1, -0.05) is 23.7 Å². The number of aromatic nitrogens is 1. The average Bonchev–Trinajstić information content (AvgIpc) is 3.11. The highest BCUT2D eigenvalue weighted by molar-refractivity contribution is 6.32. The molecule has 26 heavy (non-hydrogen) atoms. The fourth-order valence-electron chi connectivity index (χ4n) is 3.04. The summed E-state index contributed by atoms with van der Waals surface area (Å²) in [5, 5.41) is 7.43. The van der Waals surface area contributed by atoms with Crippen molar-refractivity contribution in [2.75, 3.05) is 31.6 Å². The van der Waals surface area contributed by atoms with Gasteiger partial charge < -0.3 is 15.5 Å². The van der Waals surface area contributed by atoms with Crippen molar-refractivity contribution in [3.8, 4) is 0 Å². The fraction of sp³-hybridized carbons (Fsp3) is 0.368. The number of anilines is 1. The Bertz CT molecular complexity index is 750. The van der Waals surface area contributed by atoms with Crippen LogP contribution in [0, 0.1) is 5.82 Å². The van der Waals surface area contributed by atoms with Crippen molar-refractivity contribution in [2.45, 2.75) is 18.9 Å². The van der Waals surface area contributed by atoms with Crippen LogP contribution in [0.15, 0.2) is 47.6 Å². The number of benzene rings is 1. The summed E-state index contributed by atoms with van der Waals surface area (Å²) in [6, 6.07) is 10.6. The van der Waals surface area contributed by atoms with Gasteiger partial charge in [0.25, 0.3) is 0 Å². The molecule has 1 fully saturated rings. The topological polar surface area (TPSA) is 52.6 Å². The molecule has 138 valence electrons. The van der Waals surface area contributed by atoms with E-state index in [1.807, 2.05) is 12.1 Å². The lowest BCUT2D eigenvalue weighted by atomic mass is 10.1. The molecule has 3 rings (SSSR count). The smallest absolute Gasteiger partial charge is 0.191 e. The molecule has 2 heterocycles. The summed E-state index contributed by atoms with van der Waals surface area (Å²) in [7, 11) is 1.76. The SMILES string of the molecule is CN=C(NCCc1ccc(F)cc1)NC1CCN(c2ncccc2Cl)C1. The van der Waals surface area contributed by atoms with Gasteiger partial charge in [-0.3, -0.25) is 4.99 Å². The van der Waals surface area contributed by atoms with Crippen LogP contribution in [0.5, 0.6) is 0 Å². The first-order valence-electron chi connectivity index (χ1n) is 8.73. The summed E-state index contributed by atoms with van der Waals surface area (Å²) in [6.45, 7) is 2.46. The summed E-state index contributed by atoms with van der Waals surface area (Å²) in [5.74, 6) is 1.39. The van der Waals surface area contributed by atoms with E-state index in [0.717, 1.165) is 49.8 Å². The third kappa shape index (κ3) is 4.85. The zero-order valence-corrected chi connectivity index (χ0v) is 15.5. The summed E-state index contributed by atoms with van der Waals surface area (Å²) in [4.78, 5) is 10.8. The number of rotatable bonds is 5. The molecule has 0 spiro atoms. The van der Waals surface area contributed by atoms with Gasteiger partial charge in [0.2, 0.25) is 0 Å². The molecule has 7 heteroatoms. The average molecular weight is 376 g/mol. The van der Waals surface area contributed by atoms with Gasteiger partial charge >= 0.3 is 0 Å². The standard InChI is InChI=1S/C19H23ClFN5/c1-22-19(24-11-8-14-4-6-15(21)7-5-14)25-16-9-12-26(13-16)18-17(20)3-2-10-23-18/h2-7,10,16H,8-9,11-13H2,1H3,(H2,22,24,25). The monoisotopic (exact) mass is 375 g/mol. The predicted molar refractivity (Wildman–Crippen MR) is 104 cm³/mol. The Kier molecular flexibility index (Phi) is 6.28. The summed E-state index contributed by atoms with van der Waals surface area (Å²) < 4.78 is 12.9. The number of nitrogens with zero attached hydrogens (tertiary/aromatic N) is 3. The minimum Gasteiger partial charge on any atom is -0.356 e. The number of aliphatic imine (C=N–C) groups is 1. The van der Waals surface area contributed by atoms with Crippen LogP contribution in [0.4, 0.5) is 10.2 Å². The van der Waals surface area contributed by atoms with E-state index in [-0.39, 0.29) is 11.9 Å². The highest BCUT2D eigenvalue weighted by Crippen LogP contribution is 2.25. The van der Waals surface area contributed by atoms with Crippen molar-refractivity contribution in [3.05, 3.63) is 59.0 Å². The van der Waals surface area contributed by atoms with E-state index >= 15 is 0 Å². The van der Waals surface area contributed by atoms with Gasteiger partial charge in [-0.15, -0.1) is 0 Å². The number of nitrogens with one attached hydrogen (secondary N) is 2. The summed E-state index contributed by atoms with van der Waals surface area (Å²) in [6.07, 6.45) is 3.56. The number of halogens is 2. The second kappa shape index (κ2) is 8.85. The van der Waals surface area contributed by atoms with Gasteiger partial charge in [-0.25, -0.2) is 9.37 Å². The summed E-state index contributed by atoms with van der Waals surface area (Å²) >= 11 is 6.24. The lowest BCUT2D eigenvalue weighted by Crippen LogP contribution is -2.45. The van der Waals surface area contributed by atoms with Gasteiger partial charge in [0.15, 0.2) is 5.96 Å². The minimum absolute atomic E-state index is 0.210. The Morgan fingerprint density at radius 1 is 1.35 bits per heavy atom. The van der Waals surface area contributed by atoms with Crippen LogP contribution in [0.1, 0.15) is 12.0 Å². The molecule has 0 bridgehead atoms. The van der Waals surface area contributed by atoms with Crippen molar-refractivity contribution in [2.24, 2.45) is 4.99 Å². The molecule has 0 saturated carbocycles. The van der Waals surface area contributed by atoms with Crippen LogP contribution < -0.4 is 15.5 Å². The normalized spacial score (nSPS) is 17.4. The highest BCUT2D eigenvalue weighted by Gasteiger charge is 2.25. The van der Waals surface area contributed by atoms with E-state index in [0.29, 0.717) is 5.02 Å². The van der Waals surface area contributed by atoms with Gasteiger partial charge in [-0.2, -0.15) is 0 Å². The molecular weight excluding hydrogens is 353 g/mol.